The molecular formula is C15H13Cl2NO3. The smallest absolute Gasteiger partial charge is 0.338 e. The number of esters is 1. The topological polar surface area (TPSA) is 61.5 Å². The van der Waals surface area contributed by atoms with Gasteiger partial charge in [-0.2, -0.15) is 0 Å². The van der Waals surface area contributed by atoms with E-state index in [-0.39, 0.29) is 6.61 Å². The highest BCUT2D eigenvalue weighted by atomic mass is 35.5. The molecule has 21 heavy (non-hydrogen) atoms. The van der Waals surface area contributed by atoms with Crippen molar-refractivity contribution in [3.8, 4) is 5.75 Å². The van der Waals surface area contributed by atoms with E-state index >= 15 is 0 Å². The van der Waals surface area contributed by atoms with Crippen molar-refractivity contribution in [2.24, 2.45) is 0 Å². The number of carbonyl (C=O) groups is 1. The SMILES string of the molecule is COc1cc(N)cc(C(=O)OCc2cccc(Cl)c2Cl)c1. The third-order valence-electron chi connectivity index (χ3n) is 2.79. The maximum Gasteiger partial charge on any atom is 0.338 e. The molecule has 0 unspecified atom stereocenters. The molecule has 0 saturated heterocycles. The zero-order chi connectivity index (χ0) is 15.4. The molecule has 0 saturated carbocycles. The second-order valence-corrected chi connectivity index (χ2v) is 5.07. The molecule has 0 spiro atoms. The monoisotopic (exact) mass is 325 g/mol. The standard InChI is InChI=1S/C15H13Cl2NO3/c1-20-12-6-10(5-11(18)7-12)15(19)21-8-9-3-2-4-13(16)14(9)17/h2-7H,8,18H2,1H3. The molecule has 6 heteroatoms. The Labute approximate surface area is 132 Å². The van der Waals surface area contributed by atoms with Gasteiger partial charge < -0.3 is 15.2 Å². The molecular weight excluding hydrogens is 313 g/mol. The van der Waals surface area contributed by atoms with Crippen LogP contribution in [0.25, 0.3) is 0 Å². The van der Waals surface area contributed by atoms with Gasteiger partial charge in [0.25, 0.3) is 0 Å². The highest BCUT2D eigenvalue weighted by Crippen LogP contribution is 2.26. The Hall–Kier alpha value is -1.91. The molecule has 2 aromatic rings. The number of hydrogen-bond donors (Lipinski definition) is 1. The first-order valence-electron chi connectivity index (χ1n) is 6.06. The summed E-state index contributed by atoms with van der Waals surface area (Å²) < 4.78 is 10.3. The molecule has 0 aliphatic heterocycles. The first-order valence-corrected chi connectivity index (χ1v) is 6.81. The van der Waals surface area contributed by atoms with Crippen LogP contribution >= 0.6 is 23.2 Å². The molecule has 2 rings (SSSR count). The van der Waals surface area contributed by atoms with Crippen LogP contribution in [0.15, 0.2) is 36.4 Å². The molecule has 0 fully saturated rings. The Morgan fingerprint density at radius 1 is 1.24 bits per heavy atom. The number of anilines is 1. The fraction of sp³-hybridized carbons (Fsp3) is 0.133. The summed E-state index contributed by atoms with van der Waals surface area (Å²) in [5, 5.41) is 0.785. The predicted molar refractivity (Wildman–Crippen MR) is 83.0 cm³/mol. The molecule has 110 valence electrons. The molecule has 0 amide bonds. The van der Waals surface area contributed by atoms with E-state index in [1.54, 1.807) is 30.3 Å². The second kappa shape index (κ2) is 6.70. The largest absolute Gasteiger partial charge is 0.497 e. The van der Waals surface area contributed by atoms with Gasteiger partial charge >= 0.3 is 5.97 Å². The lowest BCUT2D eigenvalue weighted by atomic mass is 10.2. The zero-order valence-corrected chi connectivity index (χ0v) is 12.7. The van der Waals surface area contributed by atoms with Gasteiger partial charge in [0.1, 0.15) is 12.4 Å². The molecule has 2 N–H and O–H groups in total. The lowest BCUT2D eigenvalue weighted by Crippen LogP contribution is -2.06. The Bertz CT molecular complexity index is 674. The second-order valence-electron chi connectivity index (χ2n) is 4.28. The molecule has 0 bridgehead atoms. The van der Waals surface area contributed by atoms with Crippen molar-refractivity contribution >= 4 is 34.9 Å². The fourth-order valence-electron chi connectivity index (χ4n) is 1.74. The molecule has 0 atom stereocenters. The highest BCUT2D eigenvalue weighted by Gasteiger charge is 2.12. The summed E-state index contributed by atoms with van der Waals surface area (Å²) in [5.74, 6) is -0.0284. The van der Waals surface area contributed by atoms with Gasteiger partial charge in [-0.05, 0) is 18.2 Å². The van der Waals surface area contributed by atoms with E-state index in [2.05, 4.69) is 0 Å². The molecule has 0 aliphatic rings. The van der Waals surface area contributed by atoms with Crippen LogP contribution in [0.1, 0.15) is 15.9 Å². The van der Waals surface area contributed by atoms with Crippen LogP contribution in [-0.2, 0) is 11.3 Å². The number of halogens is 2. The minimum Gasteiger partial charge on any atom is -0.497 e. The lowest BCUT2D eigenvalue weighted by molar-refractivity contribution is 0.0472. The van der Waals surface area contributed by atoms with Gasteiger partial charge in [0, 0.05) is 17.3 Å². The normalized spacial score (nSPS) is 10.2. The van der Waals surface area contributed by atoms with Gasteiger partial charge in [0.2, 0.25) is 0 Å². The summed E-state index contributed by atoms with van der Waals surface area (Å²) in [7, 11) is 1.50. The van der Waals surface area contributed by atoms with Crippen LogP contribution in [0.5, 0.6) is 5.75 Å². The minimum absolute atomic E-state index is 0.0232. The molecule has 0 heterocycles. The number of benzene rings is 2. The third kappa shape index (κ3) is 3.80. The Morgan fingerprint density at radius 3 is 2.71 bits per heavy atom. The average Bonchev–Trinajstić information content (AvgIpc) is 2.47. The van der Waals surface area contributed by atoms with Crippen molar-refractivity contribution in [2.45, 2.75) is 6.61 Å². The minimum atomic E-state index is -0.517. The maximum atomic E-state index is 12.0. The maximum absolute atomic E-state index is 12.0. The van der Waals surface area contributed by atoms with Gasteiger partial charge in [-0.1, -0.05) is 35.3 Å². The first-order chi connectivity index (χ1) is 10.0. The van der Waals surface area contributed by atoms with Gasteiger partial charge in [0.15, 0.2) is 0 Å². The number of nitrogen functional groups attached to an aromatic ring is 1. The molecule has 4 nitrogen and oxygen atoms in total. The number of rotatable bonds is 4. The molecule has 2 aromatic carbocycles. The summed E-state index contributed by atoms with van der Waals surface area (Å²) in [6.07, 6.45) is 0. The number of hydrogen-bond acceptors (Lipinski definition) is 4. The van der Waals surface area contributed by atoms with Gasteiger partial charge in [-0.3, -0.25) is 0 Å². The van der Waals surface area contributed by atoms with Crippen molar-refractivity contribution in [2.75, 3.05) is 12.8 Å². The van der Waals surface area contributed by atoms with Crippen molar-refractivity contribution in [1.82, 2.24) is 0 Å². The van der Waals surface area contributed by atoms with Crippen molar-refractivity contribution in [1.29, 1.82) is 0 Å². The highest BCUT2D eigenvalue weighted by molar-refractivity contribution is 6.42. The Kier molecular flexibility index (Phi) is 4.94. The summed E-state index contributed by atoms with van der Waals surface area (Å²) in [6.45, 7) is 0.0232. The number of nitrogens with two attached hydrogens (primary N) is 1. The van der Waals surface area contributed by atoms with E-state index < -0.39 is 5.97 Å². The van der Waals surface area contributed by atoms with Crippen LogP contribution in [0.2, 0.25) is 10.0 Å². The van der Waals surface area contributed by atoms with Crippen molar-refractivity contribution < 1.29 is 14.3 Å². The van der Waals surface area contributed by atoms with E-state index in [1.807, 2.05) is 0 Å². The Balaban J connectivity index is 2.12. The van der Waals surface area contributed by atoms with E-state index in [0.717, 1.165) is 0 Å². The third-order valence-corrected chi connectivity index (χ3v) is 3.65. The summed E-state index contributed by atoms with van der Waals surface area (Å²) in [5.41, 5.74) is 7.06. The van der Waals surface area contributed by atoms with E-state index in [9.17, 15) is 4.79 Å². The summed E-state index contributed by atoms with van der Waals surface area (Å²) >= 11 is 11.9. The lowest BCUT2D eigenvalue weighted by Gasteiger charge is -2.09. The average molecular weight is 326 g/mol. The predicted octanol–water partition coefficient (Wildman–Crippen LogP) is 3.94. The first kappa shape index (κ1) is 15.5. The van der Waals surface area contributed by atoms with E-state index in [4.69, 9.17) is 38.4 Å². The number of ether oxygens (including phenoxy) is 2. The summed E-state index contributed by atoms with van der Waals surface area (Å²) in [4.78, 5) is 12.0. The number of methoxy groups -OCH3 is 1. The van der Waals surface area contributed by atoms with Crippen LogP contribution in [0.4, 0.5) is 5.69 Å². The zero-order valence-electron chi connectivity index (χ0n) is 11.2. The van der Waals surface area contributed by atoms with Crippen molar-refractivity contribution in [3.05, 3.63) is 57.6 Å². The van der Waals surface area contributed by atoms with Gasteiger partial charge in [-0.15, -0.1) is 0 Å². The van der Waals surface area contributed by atoms with Gasteiger partial charge in [0.05, 0.1) is 22.7 Å². The van der Waals surface area contributed by atoms with Crippen LogP contribution in [-0.4, -0.2) is 13.1 Å². The van der Waals surface area contributed by atoms with E-state index in [0.29, 0.717) is 32.6 Å². The van der Waals surface area contributed by atoms with Crippen LogP contribution in [0, 0.1) is 0 Å². The van der Waals surface area contributed by atoms with E-state index in [1.165, 1.54) is 13.2 Å². The van der Waals surface area contributed by atoms with Crippen LogP contribution < -0.4 is 10.5 Å². The van der Waals surface area contributed by atoms with Gasteiger partial charge in [-0.25, -0.2) is 4.79 Å². The molecule has 0 aliphatic carbocycles. The number of carbonyl (C=O) groups excluding carboxylic acids is 1. The van der Waals surface area contributed by atoms with Crippen molar-refractivity contribution in [3.63, 3.8) is 0 Å². The fourth-order valence-corrected chi connectivity index (χ4v) is 2.12. The summed E-state index contributed by atoms with van der Waals surface area (Å²) in [6, 6.07) is 9.83. The molecule has 0 aromatic heterocycles. The Morgan fingerprint density at radius 2 is 2.00 bits per heavy atom. The van der Waals surface area contributed by atoms with Crippen LogP contribution in [0.3, 0.4) is 0 Å². The quantitative estimate of drug-likeness (QED) is 0.683. The molecule has 0 radical (unpaired) electrons.